The molecule has 6 heterocycles. The molecule has 0 atom stereocenters. The zero-order valence-electron chi connectivity index (χ0n) is 18.9. The lowest BCUT2D eigenvalue weighted by Crippen LogP contribution is -2.51. The number of anilines is 1. The highest BCUT2D eigenvalue weighted by Crippen LogP contribution is 2.29. The van der Waals surface area contributed by atoms with Gasteiger partial charge in [-0.05, 0) is 18.6 Å². The summed E-state index contributed by atoms with van der Waals surface area (Å²) in [6.07, 6.45) is 6.13. The Morgan fingerprint density at radius 1 is 1.22 bits per heavy atom. The fraction of sp³-hybridized carbons (Fsp3) is 0.217. The molecular formula is C23H18N8O4S. The first-order valence-electron chi connectivity index (χ1n) is 11.0. The Kier molecular flexibility index (Phi) is 5.07. The van der Waals surface area contributed by atoms with E-state index < -0.39 is 11.4 Å². The van der Waals surface area contributed by atoms with Crippen LogP contribution in [0.15, 0.2) is 41.2 Å². The number of Topliss-reactive ketones (excluding diaryl/α,β-unsaturated/α-hetero) is 1. The lowest BCUT2D eigenvalue weighted by molar-refractivity contribution is -0.123. The van der Waals surface area contributed by atoms with Crippen LogP contribution in [0, 0.1) is 12.8 Å². The smallest absolute Gasteiger partial charge is 0.341 e. The molecule has 180 valence electrons. The van der Waals surface area contributed by atoms with E-state index in [-0.39, 0.29) is 29.1 Å². The summed E-state index contributed by atoms with van der Waals surface area (Å²) in [6, 6.07) is 1.75. The number of thiazole rings is 1. The van der Waals surface area contributed by atoms with Gasteiger partial charge in [-0.1, -0.05) is 0 Å². The van der Waals surface area contributed by atoms with Gasteiger partial charge in [-0.15, -0.1) is 11.3 Å². The molecule has 0 unspecified atom stereocenters. The van der Waals surface area contributed by atoms with Crippen LogP contribution >= 0.6 is 11.3 Å². The highest BCUT2D eigenvalue weighted by molar-refractivity contribution is 7.12. The van der Waals surface area contributed by atoms with E-state index >= 15 is 0 Å². The predicted octanol–water partition coefficient (Wildman–Crippen LogP) is 1.76. The van der Waals surface area contributed by atoms with Crippen LogP contribution < -0.4 is 10.3 Å². The summed E-state index contributed by atoms with van der Waals surface area (Å²) in [5.74, 6) is -0.443. The highest BCUT2D eigenvalue weighted by Gasteiger charge is 2.34. The Morgan fingerprint density at radius 3 is 2.81 bits per heavy atom. The van der Waals surface area contributed by atoms with Gasteiger partial charge < -0.3 is 15.0 Å². The van der Waals surface area contributed by atoms with Gasteiger partial charge in [0.05, 0.1) is 30.2 Å². The molecule has 1 aliphatic rings. The van der Waals surface area contributed by atoms with E-state index in [0.29, 0.717) is 52.2 Å². The van der Waals surface area contributed by atoms with Gasteiger partial charge in [0.1, 0.15) is 28.5 Å². The van der Waals surface area contributed by atoms with Gasteiger partial charge in [0.15, 0.2) is 16.4 Å². The number of carbonyl (C=O) groups excluding carboxylic acids is 1. The first-order valence-corrected chi connectivity index (χ1v) is 11.9. The molecule has 0 spiro atoms. The van der Waals surface area contributed by atoms with Crippen LogP contribution in [-0.2, 0) is 11.2 Å². The second kappa shape index (κ2) is 8.30. The van der Waals surface area contributed by atoms with Crippen LogP contribution in [0.5, 0.6) is 0 Å². The van der Waals surface area contributed by atoms with Crippen molar-refractivity contribution in [1.29, 1.82) is 0 Å². The molecule has 1 fully saturated rings. The number of carboxylic acid groups (broad SMARTS) is 1. The van der Waals surface area contributed by atoms with E-state index in [1.54, 1.807) is 30.8 Å². The first-order chi connectivity index (χ1) is 17.4. The van der Waals surface area contributed by atoms with E-state index in [9.17, 15) is 19.5 Å². The summed E-state index contributed by atoms with van der Waals surface area (Å²) in [6.45, 7) is 2.68. The number of carbonyl (C=O) groups is 2. The molecule has 1 aliphatic heterocycles. The van der Waals surface area contributed by atoms with Crippen LogP contribution in [0.4, 0.5) is 5.82 Å². The van der Waals surface area contributed by atoms with Crippen molar-refractivity contribution >= 4 is 51.1 Å². The number of imidazole rings is 1. The normalized spacial score (nSPS) is 13.9. The maximum Gasteiger partial charge on any atom is 0.341 e. The molecule has 13 heteroatoms. The highest BCUT2D eigenvalue weighted by atomic mass is 32.1. The quantitative estimate of drug-likeness (QED) is 0.350. The zero-order valence-corrected chi connectivity index (χ0v) is 19.7. The number of nitrogens with zero attached hydrogens (tertiary/aromatic N) is 7. The van der Waals surface area contributed by atoms with Gasteiger partial charge in [-0.3, -0.25) is 14.2 Å². The number of pyridine rings is 2. The van der Waals surface area contributed by atoms with Gasteiger partial charge >= 0.3 is 5.97 Å². The molecule has 36 heavy (non-hydrogen) atoms. The number of aromatic carboxylic acids is 1. The van der Waals surface area contributed by atoms with Crippen molar-refractivity contribution in [2.24, 2.45) is 5.92 Å². The van der Waals surface area contributed by atoms with E-state index in [2.05, 4.69) is 24.9 Å². The molecule has 5 aromatic heterocycles. The van der Waals surface area contributed by atoms with Crippen molar-refractivity contribution in [2.45, 2.75) is 13.3 Å². The average molecular weight is 503 g/mol. The maximum absolute atomic E-state index is 12.9. The Balaban J connectivity index is 1.28. The minimum absolute atomic E-state index is 0.0319. The average Bonchev–Trinajstić information content (AvgIpc) is 3.50. The number of aromatic amines is 1. The largest absolute Gasteiger partial charge is 0.477 e. The molecule has 2 N–H and O–H groups in total. The Hall–Kier alpha value is -4.52. The number of hydrogen-bond acceptors (Lipinski definition) is 10. The predicted molar refractivity (Wildman–Crippen MR) is 131 cm³/mol. The van der Waals surface area contributed by atoms with E-state index in [0.717, 1.165) is 0 Å². The fourth-order valence-corrected chi connectivity index (χ4v) is 4.92. The topological polar surface area (TPSA) is 160 Å². The molecule has 0 amide bonds. The summed E-state index contributed by atoms with van der Waals surface area (Å²) < 4.78 is 1.53. The number of ketones is 1. The van der Waals surface area contributed by atoms with Gasteiger partial charge in [-0.2, -0.15) is 0 Å². The minimum atomic E-state index is -1.31. The van der Waals surface area contributed by atoms with E-state index in [1.807, 2.05) is 4.90 Å². The standard InChI is InChI=1S/C23H18N8O4S/c1-11-4-17(29-21-18(11)19(33)13(22(34)35)9-31(21)23-24-2-3-36-23)30-7-12(8-30)15(32)5-16-25-6-14-20(28-16)27-10-26-14/h2-4,6,9-10,12H,5,7-8H2,1H3,(H,34,35)(H,25,26,27,28). The van der Waals surface area contributed by atoms with E-state index in [1.165, 1.54) is 28.4 Å². The first kappa shape index (κ1) is 22.0. The van der Waals surface area contributed by atoms with Gasteiger partial charge in [0.2, 0.25) is 5.43 Å². The Morgan fingerprint density at radius 2 is 2.06 bits per heavy atom. The van der Waals surface area contributed by atoms with Crippen molar-refractivity contribution in [3.63, 3.8) is 0 Å². The molecule has 6 rings (SSSR count). The van der Waals surface area contributed by atoms with Crippen LogP contribution in [0.25, 0.3) is 27.3 Å². The van der Waals surface area contributed by atoms with Gasteiger partial charge in [-0.25, -0.2) is 29.7 Å². The molecule has 1 saturated heterocycles. The fourth-order valence-electron chi connectivity index (χ4n) is 4.30. The third-order valence-electron chi connectivity index (χ3n) is 6.22. The number of nitrogens with one attached hydrogen (secondary N) is 1. The van der Waals surface area contributed by atoms with Crippen LogP contribution in [0.1, 0.15) is 21.7 Å². The third-order valence-corrected chi connectivity index (χ3v) is 6.99. The molecular weight excluding hydrogens is 484 g/mol. The summed E-state index contributed by atoms with van der Waals surface area (Å²) in [5.41, 5.74) is 1.23. The molecule has 5 aromatic rings. The van der Waals surface area contributed by atoms with Gasteiger partial charge in [0, 0.05) is 30.9 Å². The second-order valence-corrected chi connectivity index (χ2v) is 9.40. The number of H-pyrrole nitrogens is 1. The number of carboxylic acids is 1. The van der Waals surface area contributed by atoms with Crippen molar-refractivity contribution in [3.05, 3.63) is 63.5 Å². The Bertz CT molecular complexity index is 1720. The molecule has 0 aromatic carbocycles. The maximum atomic E-state index is 12.9. The molecule has 0 bridgehead atoms. The number of aromatic nitrogens is 7. The number of rotatable bonds is 6. The van der Waals surface area contributed by atoms with Gasteiger partial charge in [0.25, 0.3) is 0 Å². The summed E-state index contributed by atoms with van der Waals surface area (Å²) in [4.78, 5) is 63.9. The third kappa shape index (κ3) is 3.60. The summed E-state index contributed by atoms with van der Waals surface area (Å²) >= 11 is 1.30. The minimum Gasteiger partial charge on any atom is -0.477 e. The zero-order chi connectivity index (χ0) is 25.0. The monoisotopic (exact) mass is 502 g/mol. The van der Waals surface area contributed by atoms with E-state index in [4.69, 9.17) is 4.98 Å². The van der Waals surface area contributed by atoms with Crippen LogP contribution in [-0.4, -0.2) is 64.4 Å². The Labute approximate surface area is 206 Å². The molecule has 0 radical (unpaired) electrons. The second-order valence-electron chi connectivity index (χ2n) is 8.53. The molecule has 0 aliphatic carbocycles. The van der Waals surface area contributed by atoms with Crippen molar-refractivity contribution in [1.82, 2.24) is 34.5 Å². The summed E-state index contributed by atoms with van der Waals surface area (Å²) in [5, 5.41) is 12.0. The van der Waals surface area contributed by atoms with Crippen LogP contribution in [0.2, 0.25) is 0 Å². The number of fused-ring (bicyclic) bond motifs is 2. The van der Waals surface area contributed by atoms with Crippen LogP contribution in [0.3, 0.4) is 0 Å². The van der Waals surface area contributed by atoms with Crippen molar-refractivity contribution < 1.29 is 14.7 Å². The lowest BCUT2D eigenvalue weighted by atomic mass is 9.93. The lowest BCUT2D eigenvalue weighted by Gasteiger charge is -2.39. The molecule has 12 nitrogen and oxygen atoms in total. The molecule has 0 saturated carbocycles. The van der Waals surface area contributed by atoms with Crippen molar-refractivity contribution in [2.75, 3.05) is 18.0 Å². The summed E-state index contributed by atoms with van der Waals surface area (Å²) in [7, 11) is 0. The number of aryl methyl sites for hydroxylation is 1. The SMILES string of the molecule is Cc1cc(N2CC(C(=O)Cc3ncc4[nH]cnc4n3)C2)nc2c1c(=O)c(C(=O)O)cn2-c1nccs1. The van der Waals surface area contributed by atoms with Crippen molar-refractivity contribution in [3.8, 4) is 5.13 Å². The number of hydrogen-bond donors (Lipinski definition) is 2.